The summed E-state index contributed by atoms with van der Waals surface area (Å²) in [4.78, 5) is 32.7. The molecule has 2 rings (SSSR count). The lowest BCUT2D eigenvalue weighted by Gasteiger charge is -2.08. The number of aromatic carboxylic acids is 2. The number of nitrogens with zero attached hydrogens (tertiary/aromatic N) is 1. The van der Waals surface area contributed by atoms with Crippen molar-refractivity contribution in [2.75, 3.05) is 0 Å². The summed E-state index contributed by atoms with van der Waals surface area (Å²) >= 11 is 0. The average Bonchev–Trinajstić information content (AvgIpc) is 2.46. The van der Waals surface area contributed by atoms with Crippen molar-refractivity contribution in [3.05, 3.63) is 63.7 Å². The van der Waals surface area contributed by atoms with Gasteiger partial charge < -0.3 is 10.2 Å². The Balaban J connectivity index is 2.86. The third-order valence-electron chi connectivity index (χ3n) is 2.89. The highest BCUT2D eigenvalue weighted by Crippen LogP contribution is 2.35. The zero-order valence-corrected chi connectivity index (χ0v) is 10.5. The average molecular weight is 287 g/mol. The molecule has 0 amide bonds. The van der Waals surface area contributed by atoms with Crippen LogP contribution >= 0.6 is 0 Å². The van der Waals surface area contributed by atoms with Gasteiger partial charge in [0, 0.05) is 0 Å². The molecule has 0 fully saturated rings. The largest absolute Gasteiger partial charge is 0.478 e. The van der Waals surface area contributed by atoms with Crippen LogP contribution in [0.15, 0.2) is 42.5 Å². The maximum atomic E-state index is 11.3. The van der Waals surface area contributed by atoms with Crippen LogP contribution in [-0.4, -0.2) is 27.1 Å². The lowest BCUT2D eigenvalue weighted by molar-refractivity contribution is -0.384. The smallest absolute Gasteiger partial charge is 0.343 e. The minimum absolute atomic E-state index is 0.0583. The number of hydrogen-bond donors (Lipinski definition) is 2. The summed E-state index contributed by atoms with van der Waals surface area (Å²) in [6.07, 6.45) is 0. The Kier molecular flexibility index (Phi) is 3.66. The monoisotopic (exact) mass is 287 g/mol. The Morgan fingerprint density at radius 2 is 1.57 bits per heavy atom. The molecule has 0 aliphatic carbocycles. The van der Waals surface area contributed by atoms with Gasteiger partial charge >= 0.3 is 11.9 Å². The molecule has 21 heavy (non-hydrogen) atoms. The molecule has 0 heterocycles. The Hall–Kier alpha value is -3.22. The number of carboxylic acid groups (broad SMARTS) is 2. The van der Waals surface area contributed by atoms with Crippen LogP contribution in [0.1, 0.15) is 20.7 Å². The molecule has 0 unspecified atom stereocenters. The molecule has 0 radical (unpaired) electrons. The van der Waals surface area contributed by atoms with Gasteiger partial charge in [-0.1, -0.05) is 30.3 Å². The van der Waals surface area contributed by atoms with E-state index >= 15 is 0 Å². The second kappa shape index (κ2) is 5.41. The maximum absolute atomic E-state index is 11.3. The molecule has 106 valence electrons. The third kappa shape index (κ3) is 2.57. The molecule has 2 aromatic rings. The van der Waals surface area contributed by atoms with Gasteiger partial charge in [-0.15, -0.1) is 0 Å². The number of rotatable bonds is 4. The molecule has 0 spiro atoms. The van der Waals surface area contributed by atoms with Gasteiger partial charge in [0.15, 0.2) is 5.56 Å². The van der Waals surface area contributed by atoms with Crippen LogP contribution < -0.4 is 0 Å². The summed E-state index contributed by atoms with van der Waals surface area (Å²) in [5.74, 6) is -3.19. The summed E-state index contributed by atoms with van der Waals surface area (Å²) in [7, 11) is 0. The van der Waals surface area contributed by atoms with Crippen molar-refractivity contribution in [1.82, 2.24) is 0 Å². The van der Waals surface area contributed by atoms with Gasteiger partial charge in [0.05, 0.1) is 16.1 Å². The van der Waals surface area contributed by atoms with Crippen molar-refractivity contribution in [1.29, 1.82) is 0 Å². The van der Waals surface area contributed by atoms with Crippen LogP contribution in [0.25, 0.3) is 11.1 Å². The fourth-order valence-electron chi connectivity index (χ4n) is 2.03. The van der Waals surface area contributed by atoms with Crippen molar-refractivity contribution in [3.63, 3.8) is 0 Å². The number of benzene rings is 2. The molecule has 0 aliphatic heterocycles. The molecule has 0 bridgehead atoms. The minimum Gasteiger partial charge on any atom is -0.478 e. The first-order valence-corrected chi connectivity index (χ1v) is 5.77. The van der Waals surface area contributed by atoms with Gasteiger partial charge in [-0.3, -0.25) is 10.1 Å². The van der Waals surface area contributed by atoms with Crippen LogP contribution in [0.2, 0.25) is 0 Å². The zero-order chi connectivity index (χ0) is 15.6. The van der Waals surface area contributed by atoms with Crippen LogP contribution in [0, 0.1) is 10.1 Å². The number of carbonyl (C=O) groups is 2. The van der Waals surface area contributed by atoms with E-state index in [2.05, 4.69) is 0 Å². The van der Waals surface area contributed by atoms with Crippen molar-refractivity contribution in [2.45, 2.75) is 0 Å². The highest BCUT2D eigenvalue weighted by molar-refractivity contribution is 6.07. The lowest BCUT2D eigenvalue weighted by atomic mass is 9.96. The molecular weight excluding hydrogens is 278 g/mol. The fourth-order valence-corrected chi connectivity index (χ4v) is 2.03. The van der Waals surface area contributed by atoms with Crippen molar-refractivity contribution < 1.29 is 24.7 Å². The quantitative estimate of drug-likeness (QED) is 0.659. The normalized spacial score (nSPS) is 10.1. The Bertz CT molecular complexity index is 739. The standard InChI is InChI=1S/C14H9NO6/c16-13(17)10-7-6-9(8-4-2-1-3-5-8)12(15(20)21)11(10)14(18)19/h1-7H,(H,16,17)(H,18,19). The highest BCUT2D eigenvalue weighted by Gasteiger charge is 2.31. The molecule has 7 heteroatoms. The first kappa shape index (κ1) is 14.2. The van der Waals surface area contributed by atoms with E-state index < -0.39 is 33.7 Å². The zero-order valence-electron chi connectivity index (χ0n) is 10.5. The van der Waals surface area contributed by atoms with Crippen molar-refractivity contribution >= 4 is 17.6 Å². The Labute approximate surface area is 118 Å². The number of carboxylic acids is 2. The first-order valence-electron chi connectivity index (χ1n) is 5.77. The molecule has 7 nitrogen and oxygen atoms in total. The van der Waals surface area contributed by atoms with Gasteiger partial charge in [0.25, 0.3) is 5.69 Å². The van der Waals surface area contributed by atoms with Crippen LogP contribution in [0.4, 0.5) is 5.69 Å². The molecule has 2 N–H and O–H groups in total. The lowest BCUT2D eigenvalue weighted by Crippen LogP contribution is -2.12. The summed E-state index contributed by atoms with van der Waals surface area (Å²) in [5, 5.41) is 29.4. The van der Waals surface area contributed by atoms with E-state index in [0.717, 1.165) is 6.07 Å². The van der Waals surface area contributed by atoms with E-state index in [0.29, 0.717) is 5.56 Å². The molecule has 0 aromatic heterocycles. The van der Waals surface area contributed by atoms with Crippen molar-refractivity contribution in [2.24, 2.45) is 0 Å². The van der Waals surface area contributed by atoms with Gasteiger partial charge in [0.1, 0.15) is 0 Å². The number of hydrogen-bond acceptors (Lipinski definition) is 4. The fraction of sp³-hybridized carbons (Fsp3) is 0. The van der Waals surface area contributed by atoms with Gasteiger partial charge in [-0.25, -0.2) is 9.59 Å². The van der Waals surface area contributed by atoms with Crippen molar-refractivity contribution in [3.8, 4) is 11.1 Å². The molecular formula is C14H9NO6. The molecule has 0 aliphatic rings. The summed E-state index contributed by atoms with van der Waals surface area (Å²) < 4.78 is 0. The second-order valence-electron chi connectivity index (χ2n) is 4.12. The van der Waals surface area contributed by atoms with E-state index in [9.17, 15) is 19.7 Å². The maximum Gasteiger partial charge on any atom is 0.343 e. The van der Waals surface area contributed by atoms with Crippen LogP contribution in [0.5, 0.6) is 0 Å². The topological polar surface area (TPSA) is 118 Å². The SMILES string of the molecule is O=C(O)c1ccc(-c2ccccc2)c([N+](=O)[O-])c1C(=O)O. The number of nitro benzene ring substituents is 1. The van der Waals surface area contributed by atoms with Gasteiger partial charge in [0.2, 0.25) is 0 Å². The van der Waals surface area contributed by atoms with E-state index in [1.807, 2.05) is 0 Å². The van der Waals surface area contributed by atoms with Crippen LogP contribution in [-0.2, 0) is 0 Å². The second-order valence-corrected chi connectivity index (χ2v) is 4.12. The molecule has 2 aromatic carbocycles. The number of nitro groups is 1. The molecule has 0 saturated carbocycles. The summed E-state index contributed by atoms with van der Waals surface area (Å²) in [5.41, 5.74) is -1.68. The van der Waals surface area contributed by atoms with Gasteiger partial charge in [-0.2, -0.15) is 0 Å². The minimum atomic E-state index is -1.66. The van der Waals surface area contributed by atoms with E-state index in [-0.39, 0.29) is 5.56 Å². The first-order chi connectivity index (χ1) is 9.93. The third-order valence-corrected chi connectivity index (χ3v) is 2.89. The predicted octanol–water partition coefficient (Wildman–Crippen LogP) is 2.66. The highest BCUT2D eigenvalue weighted by atomic mass is 16.6. The van der Waals surface area contributed by atoms with E-state index in [1.54, 1.807) is 30.3 Å². The Morgan fingerprint density at radius 1 is 0.952 bits per heavy atom. The summed E-state index contributed by atoms with van der Waals surface area (Å²) in [6, 6.07) is 10.4. The predicted molar refractivity (Wildman–Crippen MR) is 72.5 cm³/mol. The molecule has 0 atom stereocenters. The van der Waals surface area contributed by atoms with Crippen LogP contribution in [0.3, 0.4) is 0 Å². The summed E-state index contributed by atoms with van der Waals surface area (Å²) in [6.45, 7) is 0. The van der Waals surface area contributed by atoms with E-state index in [1.165, 1.54) is 6.07 Å². The van der Waals surface area contributed by atoms with E-state index in [4.69, 9.17) is 10.2 Å². The van der Waals surface area contributed by atoms with Gasteiger partial charge in [-0.05, 0) is 17.7 Å². The Morgan fingerprint density at radius 3 is 2.05 bits per heavy atom. The molecule has 0 saturated heterocycles.